The Labute approximate surface area is 74.4 Å². The first-order chi connectivity index (χ1) is 6.04. The predicted octanol–water partition coefficient (Wildman–Crippen LogP) is 2.89. The van der Waals surface area contributed by atoms with Gasteiger partial charge >= 0.3 is 6.18 Å². The molecule has 0 unspecified atom stereocenters. The second-order valence-corrected chi connectivity index (χ2v) is 2.43. The minimum Gasteiger partial charge on any atom is -0.166 e. The van der Waals surface area contributed by atoms with E-state index < -0.39 is 11.7 Å². The summed E-state index contributed by atoms with van der Waals surface area (Å²) in [7, 11) is 0. The molecular weight excluding hydrogens is 177 g/mol. The molecule has 1 rings (SSSR count). The van der Waals surface area contributed by atoms with Crippen LogP contribution in [-0.2, 0) is 6.18 Å². The highest BCUT2D eigenvalue weighted by molar-refractivity contribution is 5.35. The fourth-order valence-electron chi connectivity index (χ4n) is 0.901. The van der Waals surface area contributed by atoms with Gasteiger partial charge in [-0.15, -0.1) is 6.42 Å². The summed E-state index contributed by atoms with van der Waals surface area (Å²) >= 11 is 0. The summed E-state index contributed by atoms with van der Waals surface area (Å²) in [6.07, 6.45) is 1.91. The molecule has 0 fully saturated rings. The van der Waals surface area contributed by atoms with E-state index in [1.54, 1.807) is 0 Å². The zero-order valence-electron chi connectivity index (χ0n) is 6.60. The second-order valence-electron chi connectivity index (χ2n) is 2.43. The molecule has 67 valence electrons. The Hall–Kier alpha value is -1.43. The van der Waals surface area contributed by atoms with Crippen LogP contribution >= 0.6 is 0 Å². The van der Waals surface area contributed by atoms with Crippen molar-refractivity contribution in [2.45, 2.75) is 6.18 Å². The molecule has 1 radical (unpaired) electrons. The van der Waals surface area contributed by atoms with Gasteiger partial charge in [0.2, 0.25) is 0 Å². The average Bonchev–Trinajstić information content (AvgIpc) is 2.04. The summed E-state index contributed by atoms with van der Waals surface area (Å²) in [6, 6.07) is 4.87. The second kappa shape index (κ2) is 3.53. The van der Waals surface area contributed by atoms with Gasteiger partial charge in [0.25, 0.3) is 0 Å². The minimum atomic E-state index is -4.31. The molecule has 0 heterocycles. The summed E-state index contributed by atoms with van der Waals surface area (Å²) < 4.78 is 36.4. The van der Waals surface area contributed by atoms with Crippen molar-refractivity contribution in [2.24, 2.45) is 0 Å². The third-order valence-corrected chi connectivity index (χ3v) is 1.46. The first kappa shape index (κ1) is 9.66. The van der Waals surface area contributed by atoms with Crippen LogP contribution in [0.5, 0.6) is 0 Å². The van der Waals surface area contributed by atoms with E-state index >= 15 is 0 Å². The lowest BCUT2D eigenvalue weighted by Crippen LogP contribution is -2.04. The molecule has 0 nitrogen and oxygen atoms in total. The monoisotopic (exact) mass is 183 g/mol. The predicted molar refractivity (Wildman–Crippen MR) is 43.7 cm³/mol. The normalized spacial score (nSPS) is 10.9. The van der Waals surface area contributed by atoms with Gasteiger partial charge in [-0.3, -0.25) is 0 Å². The van der Waals surface area contributed by atoms with Crippen molar-refractivity contribution in [3.8, 4) is 12.3 Å². The van der Waals surface area contributed by atoms with Gasteiger partial charge in [0, 0.05) is 0 Å². The quantitative estimate of drug-likeness (QED) is 0.587. The van der Waals surface area contributed by atoms with Crippen LogP contribution in [0.3, 0.4) is 0 Å². The standard InChI is InChI=1S/C10H6F3/c1-2-4-8-5-3-6-9(7-8)10(11,12)13/h1,3-7H. The summed E-state index contributed by atoms with van der Waals surface area (Å²) in [5, 5.41) is 0. The number of halogens is 3. The van der Waals surface area contributed by atoms with Crippen LogP contribution in [0.25, 0.3) is 0 Å². The van der Waals surface area contributed by atoms with Gasteiger partial charge in [-0.25, -0.2) is 0 Å². The SMILES string of the molecule is C#C[CH]c1cccc(C(F)(F)F)c1. The van der Waals surface area contributed by atoms with Crippen LogP contribution < -0.4 is 0 Å². The largest absolute Gasteiger partial charge is 0.416 e. The topological polar surface area (TPSA) is 0 Å². The summed E-state index contributed by atoms with van der Waals surface area (Å²) in [5.41, 5.74) is -0.297. The summed E-state index contributed by atoms with van der Waals surface area (Å²) in [6.45, 7) is 0. The van der Waals surface area contributed by atoms with Crippen molar-refractivity contribution in [1.29, 1.82) is 0 Å². The number of hydrogen-bond donors (Lipinski definition) is 0. The van der Waals surface area contributed by atoms with Crippen molar-refractivity contribution in [3.63, 3.8) is 0 Å². The van der Waals surface area contributed by atoms with E-state index in [-0.39, 0.29) is 0 Å². The van der Waals surface area contributed by atoms with E-state index in [1.165, 1.54) is 18.6 Å². The molecule has 0 aliphatic carbocycles. The molecule has 0 saturated carbocycles. The first-order valence-electron chi connectivity index (χ1n) is 3.50. The van der Waals surface area contributed by atoms with Gasteiger partial charge < -0.3 is 0 Å². The molecule has 0 N–H and O–H groups in total. The van der Waals surface area contributed by atoms with E-state index in [0.717, 1.165) is 12.1 Å². The van der Waals surface area contributed by atoms with Crippen LogP contribution in [0.4, 0.5) is 13.2 Å². The molecule has 0 atom stereocenters. The lowest BCUT2D eigenvalue weighted by atomic mass is 10.1. The van der Waals surface area contributed by atoms with Gasteiger partial charge in [0.1, 0.15) is 0 Å². The Morgan fingerprint density at radius 2 is 2.00 bits per heavy atom. The number of alkyl halides is 3. The van der Waals surface area contributed by atoms with Crippen LogP contribution in [0.1, 0.15) is 11.1 Å². The Balaban J connectivity index is 3.00. The van der Waals surface area contributed by atoms with Crippen molar-refractivity contribution < 1.29 is 13.2 Å². The number of rotatable bonds is 1. The van der Waals surface area contributed by atoms with Crippen molar-refractivity contribution in [1.82, 2.24) is 0 Å². The van der Waals surface area contributed by atoms with Crippen molar-refractivity contribution >= 4 is 0 Å². The Kier molecular flexibility index (Phi) is 2.62. The molecule has 13 heavy (non-hydrogen) atoms. The summed E-state index contributed by atoms with van der Waals surface area (Å²) in [4.78, 5) is 0. The highest BCUT2D eigenvalue weighted by Gasteiger charge is 2.30. The van der Waals surface area contributed by atoms with Crippen LogP contribution in [-0.4, -0.2) is 0 Å². The molecule has 0 saturated heterocycles. The zero-order chi connectivity index (χ0) is 9.90. The van der Waals surface area contributed by atoms with E-state index in [1.807, 2.05) is 0 Å². The molecule has 0 aliphatic heterocycles. The third kappa shape index (κ3) is 2.51. The fraction of sp³-hybridized carbons (Fsp3) is 0.100. The van der Waals surface area contributed by atoms with Crippen LogP contribution in [0.2, 0.25) is 0 Å². The highest BCUT2D eigenvalue weighted by atomic mass is 19.4. The maximum absolute atomic E-state index is 12.1. The number of hydrogen-bond acceptors (Lipinski definition) is 0. The molecule has 3 heteroatoms. The van der Waals surface area contributed by atoms with Crippen LogP contribution in [0.15, 0.2) is 24.3 Å². The maximum Gasteiger partial charge on any atom is 0.416 e. The van der Waals surface area contributed by atoms with Gasteiger partial charge in [-0.1, -0.05) is 24.1 Å². The lowest BCUT2D eigenvalue weighted by molar-refractivity contribution is -0.137. The Morgan fingerprint density at radius 3 is 2.54 bits per heavy atom. The van der Waals surface area contributed by atoms with Crippen LogP contribution in [0, 0.1) is 18.8 Å². The number of benzene rings is 1. The number of terminal acetylenes is 1. The minimum absolute atomic E-state index is 0.386. The molecule has 0 spiro atoms. The molecule has 1 aromatic rings. The van der Waals surface area contributed by atoms with Gasteiger partial charge in [0.15, 0.2) is 0 Å². The molecular formula is C10H6F3. The first-order valence-corrected chi connectivity index (χ1v) is 3.50. The maximum atomic E-state index is 12.1. The van der Waals surface area contributed by atoms with E-state index in [4.69, 9.17) is 6.42 Å². The molecule has 0 aromatic heterocycles. The highest BCUT2D eigenvalue weighted by Crippen LogP contribution is 2.29. The van der Waals surface area contributed by atoms with Crippen molar-refractivity contribution in [3.05, 3.63) is 41.8 Å². The van der Waals surface area contributed by atoms with Gasteiger partial charge in [0.05, 0.1) is 12.0 Å². The van der Waals surface area contributed by atoms with Gasteiger partial charge in [-0.2, -0.15) is 13.2 Å². The van der Waals surface area contributed by atoms with E-state index in [2.05, 4.69) is 5.92 Å². The molecule has 1 aromatic carbocycles. The Morgan fingerprint density at radius 1 is 1.31 bits per heavy atom. The van der Waals surface area contributed by atoms with E-state index in [0.29, 0.717) is 5.56 Å². The smallest absolute Gasteiger partial charge is 0.166 e. The average molecular weight is 183 g/mol. The lowest BCUT2D eigenvalue weighted by Gasteiger charge is -2.06. The van der Waals surface area contributed by atoms with E-state index in [9.17, 15) is 13.2 Å². The Bertz CT molecular complexity index is 331. The van der Waals surface area contributed by atoms with Gasteiger partial charge in [-0.05, 0) is 11.6 Å². The van der Waals surface area contributed by atoms with Crippen molar-refractivity contribution in [2.75, 3.05) is 0 Å². The third-order valence-electron chi connectivity index (χ3n) is 1.46. The molecule has 0 bridgehead atoms. The molecule has 0 amide bonds. The fourth-order valence-corrected chi connectivity index (χ4v) is 0.901. The summed E-state index contributed by atoms with van der Waals surface area (Å²) in [5.74, 6) is 2.17. The molecule has 0 aliphatic rings. The zero-order valence-corrected chi connectivity index (χ0v) is 6.60.